The van der Waals surface area contributed by atoms with Crippen LogP contribution in [-0.2, 0) is 0 Å². The molecule has 132 valence electrons. The highest BCUT2D eigenvalue weighted by Crippen LogP contribution is 2.33. The average molecular weight is 361 g/mol. The van der Waals surface area contributed by atoms with Crippen LogP contribution in [0.25, 0.3) is 0 Å². The number of benzene rings is 1. The maximum atomic E-state index is 12.9. The molecule has 3 saturated heterocycles. The van der Waals surface area contributed by atoms with E-state index in [9.17, 15) is 9.18 Å². The second-order valence-electron chi connectivity index (χ2n) is 6.65. The molecule has 5 nitrogen and oxygen atoms in total. The van der Waals surface area contributed by atoms with Gasteiger partial charge in [-0.3, -0.25) is 9.69 Å². The smallest absolute Gasteiger partial charge is 0.280 e. The van der Waals surface area contributed by atoms with Crippen molar-refractivity contribution >= 4 is 17.2 Å². The quantitative estimate of drug-likeness (QED) is 0.908. The number of piperidine rings is 3. The van der Waals surface area contributed by atoms with E-state index >= 15 is 0 Å². The number of hydrogen-bond acceptors (Lipinski definition) is 5. The van der Waals surface area contributed by atoms with Gasteiger partial charge < -0.3 is 10.1 Å². The van der Waals surface area contributed by atoms with Gasteiger partial charge in [-0.25, -0.2) is 9.37 Å². The lowest BCUT2D eigenvalue weighted by atomic mass is 9.79. The zero-order valence-electron chi connectivity index (χ0n) is 13.9. The van der Waals surface area contributed by atoms with Gasteiger partial charge in [0.15, 0.2) is 5.01 Å². The zero-order valence-corrected chi connectivity index (χ0v) is 14.8. The molecule has 1 aromatic heterocycles. The van der Waals surface area contributed by atoms with E-state index in [1.165, 1.54) is 29.7 Å². The Hall–Kier alpha value is -1.99. The number of thiazole rings is 1. The first-order valence-corrected chi connectivity index (χ1v) is 9.36. The molecule has 3 fully saturated rings. The highest BCUT2D eigenvalue weighted by molar-refractivity contribution is 7.15. The van der Waals surface area contributed by atoms with Crippen molar-refractivity contribution in [3.8, 4) is 10.8 Å². The van der Waals surface area contributed by atoms with Crippen LogP contribution in [0.15, 0.2) is 30.5 Å². The summed E-state index contributed by atoms with van der Waals surface area (Å²) in [5, 5.41) is 4.07. The molecule has 3 aliphatic heterocycles. The lowest BCUT2D eigenvalue weighted by Gasteiger charge is -2.49. The number of amides is 1. The van der Waals surface area contributed by atoms with Gasteiger partial charge in [0.2, 0.25) is 5.06 Å². The molecule has 1 amide bonds. The molecular formula is C18H20FN3O2S. The van der Waals surface area contributed by atoms with Crippen LogP contribution in [0.1, 0.15) is 29.6 Å². The van der Waals surface area contributed by atoms with E-state index in [0.29, 0.717) is 27.8 Å². The van der Waals surface area contributed by atoms with E-state index in [1.807, 2.05) is 0 Å². The van der Waals surface area contributed by atoms with Crippen molar-refractivity contribution in [2.75, 3.05) is 13.1 Å². The Morgan fingerprint density at radius 3 is 2.72 bits per heavy atom. The molecule has 2 bridgehead atoms. The third-order valence-corrected chi connectivity index (χ3v) is 6.06. The summed E-state index contributed by atoms with van der Waals surface area (Å²) >= 11 is 1.20. The molecule has 25 heavy (non-hydrogen) atoms. The van der Waals surface area contributed by atoms with E-state index in [2.05, 4.69) is 22.1 Å². The Kier molecular flexibility index (Phi) is 4.43. The molecule has 0 spiro atoms. The molecular weight excluding hydrogens is 341 g/mol. The Morgan fingerprint density at radius 1 is 1.32 bits per heavy atom. The van der Waals surface area contributed by atoms with Gasteiger partial charge in [-0.2, -0.15) is 0 Å². The first-order valence-electron chi connectivity index (χ1n) is 8.54. The summed E-state index contributed by atoms with van der Waals surface area (Å²) in [6, 6.07) is 6.30. The number of carbonyl (C=O) groups excluding carboxylic acids is 1. The van der Waals surface area contributed by atoms with Crippen LogP contribution in [0.3, 0.4) is 0 Å². The molecule has 0 radical (unpaired) electrons. The highest BCUT2D eigenvalue weighted by atomic mass is 32.1. The number of carbonyl (C=O) groups is 1. The summed E-state index contributed by atoms with van der Waals surface area (Å²) in [5.74, 6) is 0.606. The summed E-state index contributed by atoms with van der Waals surface area (Å²) in [6.07, 6.45) is 3.82. The first kappa shape index (κ1) is 16.5. The predicted octanol–water partition coefficient (Wildman–Crippen LogP) is 3.29. The van der Waals surface area contributed by atoms with Crippen molar-refractivity contribution in [3.63, 3.8) is 0 Å². The third kappa shape index (κ3) is 3.39. The minimum absolute atomic E-state index is 0.149. The molecule has 1 aromatic carbocycles. The molecule has 1 N–H and O–H groups in total. The van der Waals surface area contributed by atoms with Gasteiger partial charge in [-0.15, -0.1) is 0 Å². The fourth-order valence-electron chi connectivity index (χ4n) is 3.79. The maximum Gasteiger partial charge on any atom is 0.280 e. The molecule has 2 atom stereocenters. The van der Waals surface area contributed by atoms with Gasteiger partial charge in [-0.05, 0) is 63.0 Å². The van der Waals surface area contributed by atoms with Crippen molar-refractivity contribution in [1.82, 2.24) is 15.2 Å². The highest BCUT2D eigenvalue weighted by Gasteiger charge is 2.40. The largest absolute Gasteiger partial charge is 0.445 e. The number of nitrogens with one attached hydrogen (secondary N) is 1. The van der Waals surface area contributed by atoms with Gasteiger partial charge in [0, 0.05) is 12.1 Å². The molecule has 5 rings (SSSR count). The Labute approximate surface area is 149 Å². The maximum absolute atomic E-state index is 12.9. The van der Waals surface area contributed by atoms with Crippen LogP contribution in [0.2, 0.25) is 0 Å². The second kappa shape index (κ2) is 6.72. The third-order valence-electron chi connectivity index (χ3n) is 5.19. The van der Waals surface area contributed by atoms with Gasteiger partial charge in [0.25, 0.3) is 5.91 Å². The number of rotatable bonds is 4. The van der Waals surface area contributed by atoms with Crippen LogP contribution in [0.4, 0.5) is 4.39 Å². The van der Waals surface area contributed by atoms with E-state index in [4.69, 9.17) is 4.74 Å². The molecule has 2 aromatic rings. The standard InChI is InChI=1S/C18H20FN3O2S/c1-11-16(12-6-8-22(11)9-7-12)21-17(23)18-20-10-15(25-18)24-14-4-2-13(19)3-5-14/h2-5,10-12,16H,6-9H2,1H3,(H,21,23). The molecule has 7 heteroatoms. The number of ether oxygens (including phenoxy) is 1. The number of fused-ring (bicyclic) bond motifs is 3. The van der Waals surface area contributed by atoms with Crippen LogP contribution < -0.4 is 10.1 Å². The van der Waals surface area contributed by atoms with Crippen molar-refractivity contribution in [1.29, 1.82) is 0 Å². The first-order chi connectivity index (χ1) is 12.1. The van der Waals surface area contributed by atoms with Crippen molar-refractivity contribution in [3.05, 3.63) is 41.3 Å². The van der Waals surface area contributed by atoms with Gasteiger partial charge in [-0.1, -0.05) is 11.3 Å². The molecule has 0 saturated carbocycles. The van der Waals surface area contributed by atoms with E-state index in [-0.39, 0.29) is 17.8 Å². The lowest BCUT2D eigenvalue weighted by Crippen LogP contribution is -2.62. The molecule has 0 aliphatic carbocycles. The van der Waals surface area contributed by atoms with Crippen LogP contribution in [0.5, 0.6) is 10.8 Å². The van der Waals surface area contributed by atoms with Gasteiger partial charge >= 0.3 is 0 Å². The van der Waals surface area contributed by atoms with Gasteiger partial charge in [0.05, 0.1) is 6.20 Å². The lowest BCUT2D eigenvalue weighted by molar-refractivity contribution is 0.0217. The fraction of sp³-hybridized carbons (Fsp3) is 0.444. The minimum atomic E-state index is -0.316. The predicted molar refractivity (Wildman–Crippen MR) is 93.6 cm³/mol. The van der Waals surface area contributed by atoms with E-state index in [0.717, 1.165) is 25.9 Å². The summed E-state index contributed by atoms with van der Waals surface area (Å²) in [4.78, 5) is 19.2. The van der Waals surface area contributed by atoms with Crippen molar-refractivity contribution < 1.29 is 13.9 Å². The van der Waals surface area contributed by atoms with Crippen LogP contribution >= 0.6 is 11.3 Å². The fourth-order valence-corrected chi connectivity index (χ4v) is 4.48. The Morgan fingerprint density at radius 2 is 2.04 bits per heavy atom. The van der Waals surface area contributed by atoms with Crippen LogP contribution in [-0.4, -0.2) is 41.0 Å². The van der Waals surface area contributed by atoms with E-state index in [1.54, 1.807) is 12.1 Å². The Balaban J connectivity index is 1.41. The normalized spacial score (nSPS) is 27.9. The topological polar surface area (TPSA) is 54.5 Å². The number of nitrogens with zero attached hydrogens (tertiary/aromatic N) is 2. The number of aromatic nitrogens is 1. The van der Waals surface area contributed by atoms with Gasteiger partial charge in [0.1, 0.15) is 11.6 Å². The van der Waals surface area contributed by atoms with Crippen molar-refractivity contribution in [2.24, 2.45) is 5.92 Å². The average Bonchev–Trinajstić information content (AvgIpc) is 3.09. The molecule has 4 heterocycles. The summed E-state index contributed by atoms with van der Waals surface area (Å²) < 4.78 is 18.6. The summed E-state index contributed by atoms with van der Waals surface area (Å²) in [6.45, 7) is 4.44. The summed E-state index contributed by atoms with van der Waals surface area (Å²) in [5.41, 5.74) is 0. The minimum Gasteiger partial charge on any atom is -0.445 e. The van der Waals surface area contributed by atoms with Crippen molar-refractivity contribution in [2.45, 2.75) is 31.8 Å². The van der Waals surface area contributed by atoms with Crippen LogP contribution in [0, 0.1) is 11.7 Å². The Bertz CT molecular complexity index is 754. The number of halogens is 1. The SMILES string of the molecule is CC1C(NC(=O)c2ncc(Oc3ccc(F)cc3)s2)C2CCN1CC2. The monoisotopic (exact) mass is 361 g/mol. The van der Waals surface area contributed by atoms with E-state index < -0.39 is 0 Å². The second-order valence-corrected chi connectivity index (χ2v) is 7.65. The zero-order chi connectivity index (χ0) is 17.4. The molecule has 3 aliphatic rings. The molecule has 2 unspecified atom stereocenters. The number of hydrogen-bond donors (Lipinski definition) is 1. The summed E-state index contributed by atoms with van der Waals surface area (Å²) in [7, 11) is 0.